The Balaban J connectivity index is 1.45. The number of amides is 1. The SMILES string of the molecule is COc1cc(/C=C/C(=O)OCC(=O)Nc2ccc(N3CCCCCC3)cc2)ccc1O. The van der Waals surface area contributed by atoms with E-state index in [4.69, 9.17) is 9.47 Å². The molecule has 2 N–H and O–H groups in total. The summed E-state index contributed by atoms with van der Waals surface area (Å²) in [6.45, 7) is 1.74. The summed E-state index contributed by atoms with van der Waals surface area (Å²) in [5, 5.41) is 12.3. The Morgan fingerprint density at radius 2 is 1.77 bits per heavy atom. The number of rotatable bonds is 7. The third kappa shape index (κ3) is 6.77. The van der Waals surface area contributed by atoms with Gasteiger partial charge in [0, 0.05) is 30.5 Å². The van der Waals surface area contributed by atoms with Crippen molar-refractivity contribution in [3.8, 4) is 11.5 Å². The lowest BCUT2D eigenvalue weighted by atomic mass is 10.2. The minimum atomic E-state index is -0.640. The second-order valence-electron chi connectivity index (χ2n) is 7.37. The van der Waals surface area contributed by atoms with Gasteiger partial charge in [0.15, 0.2) is 18.1 Å². The summed E-state index contributed by atoms with van der Waals surface area (Å²) in [6.07, 6.45) is 7.71. The van der Waals surface area contributed by atoms with Gasteiger partial charge in [-0.15, -0.1) is 0 Å². The van der Waals surface area contributed by atoms with E-state index in [1.807, 2.05) is 24.3 Å². The van der Waals surface area contributed by atoms with E-state index in [1.165, 1.54) is 51.0 Å². The summed E-state index contributed by atoms with van der Waals surface area (Å²) in [5.74, 6) is -0.732. The van der Waals surface area contributed by atoms with Gasteiger partial charge in [-0.05, 0) is 60.9 Å². The standard InChI is InChI=1S/C24H28N2O5/c1-30-22-16-18(6-12-21(22)27)7-13-24(29)31-17-23(28)25-19-8-10-20(11-9-19)26-14-4-2-3-5-15-26/h6-13,16,27H,2-5,14-15,17H2,1H3,(H,25,28)/b13-7+. The molecule has 0 saturated carbocycles. The van der Waals surface area contributed by atoms with Crippen LogP contribution in [-0.2, 0) is 14.3 Å². The summed E-state index contributed by atoms with van der Waals surface area (Å²) in [6, 6.07) is 12.4. The van der Waals surface area contributed by atoms with Crippen LogP contribution >= 0.6 is 0 Å². The van der Waals surface area contributed by atoms with Crippen molar-refractivity contribution in [2.75, 3.05) is 37.0 Å². The average Bonchev–Trinajstić information content (AvgIpc) is 3.07. The summed E-state index contributed by atoms with van der Waals surface area (Å²) in [5.41, 5.74) is 2.47. The first-order chi connectivity index (χ1) is 15.0. The normalized spacial score (nSPS) is 14.2. The molecular formula is C24H28N2O5. The molecule has 7 nitrogen and oxygen atoms in total. The maximum absolute atomic E-state index is 12.1. The number of hydrogen-bond donors (Lipinski definition) is 2. The van der Waals surface area contributed by atoms with Crippen molar-refractivity contribution >= 4 is 29.3 Å². The zero-order valence-corrected chi connectivity index (χ0v) is 17.7. The molecule has 0 spiro atoms. The highest BCUT2D eigenvalue weighted by Crippen LogP contribution is 2.26. The molecule has 0 radical (unpaired) electrons. The van der Waals surface area contributed by atoms with E-state index < -0.39 is 11.9 Å². The van der Waals surface area contributed by atoms with E-state index in [0.717, 1.165) is 18.8 Å². The van der Waals surface area contributed by atoms with Crippen molar-refractivity contribution in [1.82, 2.24) is 0 Å². The molecule has 164 valence electrons. The van der Waals surface area contributed by atoms with Gasteiger partial charge < -0.3 is 24.8 Å². The number of phenols is 1. The summed E-state index contributed by atoms with van der Waals surface area (Å²) < 4.78 is 10.0. The number of carbonyl (C=O) groups excluding carboxylic acids is 2. The van der Waals surface area contributed by atoms with Crippen LogP contribution in [0, 0.1) is 0 Å². The van der Waals surface area contributed by atoms with Crippen LogP contribution in [0.1, 0.15) is 31.2 Å². The first-order valence-electron chi connectivity index (χ1n) is 10.4. The minimum Gasteiger partial charge on any atom is -0.504 e. The van der Waals surface area contributed by atoms with E-state index in [9.17, 15) is 14.7 Å². The molecule has 1 saturated heterocycles. The quantitative estimate of drug-likeness (QED) is 0.516. The van der Waals surface area contributed by atoms with Crippen LogP contribution in [0.25, 0.3) is 6.08 Å². The second-order valence-corrected chi connectivity index (χ2v) is 7.37. The number of methoxy groups -OCH3 is 1. The topological polar surface area (TPSA) is 88.1 Å². The molecule has 2 aromatic carbocycles. The minimum absolute atomic E-state index is 0.0124. The van der Waals surface area contributed by atoms with Gasteiger partial charge in [0.05, 0.1) is 7.11 Å². The van der Waals surface area contributed by atoms with Gasteiger partial charge in [0.25, 0.3) is 5.91 Å². The molecule has 0 aliphatic carbocycles. The Morgan fingerprint density at radius 3 is 2.45 bits per heavy atom. The van der Waals surface area contributed by atoms with Crippen molar-refractivity contribution in [2.45, 2.75) is 25.7 Å². The van der Waals surface area contributed by atoms with Crippen LogP contribution < -0.4 is 15.0 Å². The van der Waals surface area contributed by atoms with E-state index in [-0.39, 0.29) is 12.4 Å². The summed E-state index contributed by atoms with van der Waals surface area (Å²) in [7, 11) is 1.44. The fraction of sp³-hybridized carbons (Fsp3) is 0.333. The maximum atomic E-state index is 12.1. The van der Waals surface area contributed by atoms with E-state index in [0.29, 0.717) is 17.0 Å². The molecule has 1 heterocycles. The molecule has 31 heavy (non-hydrogen) atoms. The third-order valence-electron chi connectivity index (χ3n) is 5.08. The molecule has 1 aliphatic rings. The van der Waals surface area contributed by atoms with E-state index in [1.54, 1.807) is 12.1 Å². The predicted octanol–water partition coefficient (Wildman–Crippen LogP) is 3.98. The number of anilines is 2. The van der Waals surface area contributed by atoms with Crippen molar-refractivity contribution in [3.63, 3.8) is 0 Å². The number of phenolic OH excluding ortho intramolecular Hbond substituents is 1. The molecule has 1 fully saturated rings. The van der Waals surface area contributed by atoms with Crippen LogP contribution in [0.3, 0.4) is 0 Å². The number of nitrogens with one attached hydrogen (secondary N) is 1. The Labute approximate surface area is 182 Å². The van der Waals surface area contributed by atoms with Gasteiger partial charge >= 0.3 is 5.97 Å². The molecule has 1 aliphatic heterocycles. The smallest absolute Gasteiger partial charge is 0.331 e. The number of esters is 1. The van der Waals surface area contributed by atoms with Crippen LogP contribution in [0.5, 0.6) is 11.5 Å². The lowest BCUT2D eigenvalue weighted by Crippen LogP contribution is -2.24. The first kappa shape index (κ1) is 22.2. The largest absolute Gasteiger partial charge is 0.504 e. The molecule has 2 aromatic rings. The van der Waals surface area contributed by atoms with Crippen LogP contribution in [0.4, 0.5) is 11.4 Å². The van der Waals surface area contributed by atoms with Crippen LogP contribution in [0.15, 0.2) is 48.5 Å². The van der Waals surface area contributed by atoms with Gasteiger partial charge in [-0.25, -0.2) is 4.79 Å². The Bertz CT molecular complexity index is 916. The summed E-state index contributed by atoms with van der Waals surface area (Å²) in [4.78, 5) is 26.3. The van der Waals surface area contributed by atoms with Gasteiger partial charge in [-0.1, -0.05) is 18.9 Å². The summed E-state index contributed by atoms with van der Waals surface area (Å²) >= 11 is 0. The average molecular weight is 424 g/mol. The number of hydrogen-bond acceptors (Lipinski definition) is 6. The number of carbonyl (C=O) groups is 2. The van der Waals surface area contributed by atoms with Crippen molar-refractivity contribution in [2.24, 2.45) is 0 Å². The molecule has 0 bridgehead atoms. The Hall–Kier alpha value is -3.48. The molecule has 0 aromatic heterocycles. The van der Waals surface area contributed by atoms with Crippen LogP contribution in [0.2, 0.25) is 0 Å². The molecule has 0 unspecified atom stereocenters. The molecule has 1 amide bonds. The molecule has 3 rings (SSSR count). The number of ether oxygens (including phenoxy) is 2. The van der Waals surface area contributed by atoms with Crippen LogP contribution in [-0.4, -0.2) is 43.8 Å². The molecular weight excluding hydrogens is 396 g/mol. The highest BCUT2D eigenvalue weighted by Gasteiger charge is 2.11. The van der Waals surface area contributed by atoms with Crippen molar-refractivity contribution < 1.29 is 24.2 Å². The lowest BCUT2D eigenvalue weighted by molar-refractivity contribution is -0.142. The van der Waals surface area contributed by atoms with Crippen molar-refractivity contribution in [3.05, 3.63) is 54.1 Å². The number of nitrogens with zero attached hydrogens (tertiary/aromatic N) is 1. The fourth-order valence-corrected chi connectivity index (χ4v) is 3.43. The number of aromatic hydroxyl groups is 1. The monoisotopic (exact) mass is 424 g/mol. The zero-order chi connectivity index (χ0) is 22.1. The highest BCUT2D eigenvalue weighted by atomic mass is 16.5. The fourth-order valence-electron chi connectivity index (χ4n) is 3.43. The second kappa shape index (κ2) is 11.1. The Morgan fingerprint density at radius 1 is 1.06 bits per heavy atom. The first-order valence-corrected chi connectivity index (χ1v) is 10.4. The van der Waals surface area contributed by atoms with Gasteiger partial charge in [-0.3, -0.25) is 4.79 Å². The predicted molar refractivity (Wildman–Crippen MR) is 120 cm³/mol. The van der Waals surface area contributed by atoms with Gasteiger partial charge in [0.2, 0.25) is 0 Å². The number of benzene rings is 2. The van der Waals surface area contributed by atoms with E-state index >= 15 is 0 Å². The molecule has 7 heteroatoms. The van der Waals surface area contributed by atoms with Gasteiger partial charge in [-0.2, -0.15) is 0 Å². The maximum Gasteiger partial charge on any atom is 0.331 e. The third-order valence-corrected chi connectivity index (χ3v) is 5.08. The zero-order valence-electron chi connectivity index (χ0n) is 17.7. The Kier molecular flexibility index (Phi) is 7.92. The lowest BCUT2D eigenvalue weighted by Gasteiger charge is -2.22. The highest BCUT2D eigenvalue weighted by molar-refractivity contribution is 5.94. The van der Waals surface area contributed by atoms with Gasteiger partial charge in [0.1, 0.15) is 0 Å². The van der Waals surface area contributed by atoms with Crippen molar-refractivity contribution in [1.29, 1.82) is 0 Å². The van der Waals surface area contributed by atoms with E-state index in [2.05, 4.69) is 10.2 Å². The molecule has 0 atom stereocenters.